The molecule has 0 radical (unpaired) electrons. The Hall–Kier alpha value is -1.68. The van der Waals surface area contributed by atoms with Crippen molar-refractivity contribution in [2.45, 2.75) is 25.3 Å². The minimum absolute atomic E-state index is 0.389. The molecule has 2 aromatic carbocycles. The lowest BCUT2D eigenvalue weighted by Gasteiger charge is -2.25. The van der Waals surface area contributed by atoms with Crippen molar-refractivity contribution in [1.29, 1.82) is 0 Å². The van der Waals surface area contributed by atoms with Crippen LogP contribution in [0.3, 0.4) is 0 Å². The summed E-state index contributed by atoms with van der Waals surface area (Å²) >= 11 is 1.32. The minimum atomic E-state index is -1.98. The smallest absolute Gasteiger partial charge is 0.255 e. The third kappa shape index (κ3) is 4.65. The quantitative estimate of drug-likeness (QED) is 0.275. The summed E-state index contributed by atoms with van der Waals surface area (Å²) in [6.45, 7) is 2.32. The number of amides is 1. The third-order valence-corrected chi connectivity index (χ3v) is 5.79. The van der Waals surface area contributed by atoms with Gasteiger partial charge in [-0.2, -0.15) is 0 Å². The van der Waals surface area contributed by atoms with E-state index < -0.39 is 38.3 Å². The molecule has 28 heavy (non-hydrogen) atoms. The summed E-state index contributed by atoms with van der Waals surface area (Å²) in [7, 11) is 0. The van der Waals surface area contributed by atoms with Crippen molar-refractivity contribution in [3.8, 4) is 0 Å². The standard InChI is InChI=1S/C20H19F4IN2O/c21-15-14(19(25)18(24)17(23)16(15)22)20(28)26-13(11-27-8-4-5-9-27)10-12-6-2-1-3-7-12/h1-3,6-7,13H,4-5,8-11H2,(H,26,28)/t13-/m0/s1. The van der Waals surface area contributed by atoms with E-state index in [1.807, 2.05) is 30.3 Å². The zero-order valence-electron chi connectivity index (χ0n) is 15.0. The maximum absolute atomic E-state index is 14.2. The SMILES string of the molecule is O=C(N[C@@H](Cc1ccccc1)CN1CCCC1)c1c(F)c(F)c(F)c(F)c1I. The number of nitrogens with zero attached hydrogens (tertiary/aromatic N) is 1. The van der Waals surface area contributed by atoms with Gasteiger partial charge in [0.2, 0.25) is 0 Å². The van der Waals surface area contributed by atoms with Gasteiger partial charge in [-0.3, -0.25) is 4.79 Å². The molecule has 3 rings (SSSR count). The Morgan fingerprint density at radius 1 is 1.00 bits per heavy atom. The number of carbonyl (C=O) groups is 1. The lowest BCUT2D eigenvalue weighted by molar-refractivity contribution is 0.0920. The van der Waals surface area contributed by atoms with Crippen LogP contribution in [0.4, 0.5) is 17.6 Å². The second kappa shape index (κ2) is 9.21. The Morgan fingerprint density at radius 3 is 2.25 bits per heavy atom. The molecule has 1 aliphatic heterocycles. The highest BCUT2D eigenvalue weighted by Gasteiger charge is 2.29. The molecule has 0 aromatic heterocycles. The first-order valence-electron chi connectivity index (χ1n) is 8.97. The van der Waals surface area contributed by atoms with Gasteiger partial charge >= 0.3 is 0 Å². The van der Waals surface area contributed by atoms with E-state index in [0.717, 1.165) is 31.5 Å². The summed E-state index contributed by atoms with van der Waals surface area (Å²) in [4.78, 5) is 14.8. The Labute approximate surface area is 174 Å². The highest BCUT2D eigenvalue weighted by Crippen LogP contribution is 2.26. The van der Waals surface area contributed by atoms with Crippen molar-refractivity contribution < 1.29 is 22.4 Å². The molecular formula is C20H19F4IN2O. The second-order valence-corrected chi connectivity index (χ2v) is 7.89. The lowest BCUT2D eigenvalue weighted by atomic mass is 10.0. The van der Waals surface area contributed by atoms with Crippen LogP contribution in [-0.2, 0) is 6.42 Å². The lowest BCUT2D eigenvalue weighted by Crippen LogP contribution is -2.45. The van der Waals surface area contributed by atoms with Gasteiger partial charge in [0.05, 0.1) is 9.13 Å². The van der Waals surface area contributed by atoms with Crippen molar-refractivity contribution in [2.75, 3.05) is 19.6 Å². The molecule has 0 bridgehead atoms. The van der Waals surface area contributed by atoms with Gasteiger partial charge in [0, 0.05) is 12.6 Å². The molecule has 1 fully saturated rings. The summed E-state index contributed by atoms with van der Waals surface area (Å²) in [5.74, 6) is -8.11. The highest BCUT2D eigenvalue weighted by molar-refractivity contribution is 14.1. The van der Waals surface area contributed by atoms with Gasteiger partial charge in [0.1, 0.15) is 0 Å². The van der Waals surface area contributed by atoms with E-state index in [9.17, 15) is 22.4 Å². The number of likely N-dealkylation sites (tertiary alicyclic amines) is 1. The second-order valence-electron chi connectivity index (χ2n) is 6.81. The van der Waals surface area contributed by atoms with E-state index in [1.54, 1.807) is 0 Å². The fraction of sp³-hybridized carbons (Fsp3) is 0.350. The number of halogens is 5. The Bertz CT molecular complexity index is 828. The molecule has 0 unspecified atom stereocenters. The molecule has 1 aliphatic rings. The average Bonchev–Trinajstić information content (AvgIpc) is 3.18. The normalized spacial score (nSPS) is 15.6. The Balaban J connectivity index is 1.84. The molecule has 0 spiro atoms. The predicted octanol–water partition coefficient (Wildman–Crippen LogP) is 4.28. The molecule has 0 aliphatic carbocycles. The topological polar surface area (TPSA) is 32.3 Å². The number of hydrogen-bond donors (Lipinski definition) is 1. The van der Waals surface area contributed by atoms with Crippen LogP contribution in [0.5, 0.6) is 0 Å². The minimum Gasteiger partial charge on any atom is -0.348 e. The van der Waals surface area contributed by atoms with Crippen molar-refractivity contribution in [3.63, 3.8) is 0 Å². The molecule has 1 amide bonds. The third-order valence-electron chi connectivity index (χ3n) is 4.77. The van der Waals surface area contributed by atoms with Gasteiger partial charge in [0.15, 0.2) is 23.3 Å². The van der Waals surface area contributed by atoms with Crippen molar-refractivity contribution in [1.82, 2.24) is 10.2 Å². The van der Waals surface area contributed by atoms with Crippen LogP contribution in [0, 0.1) is 26.8 Å². The molecule has 150 valence electrons. The first-order chi connectivity index (χ1) is 13.4. The van der Waals surface area contributed by atoms with E-state index in [4.69, 9.17) is 0 Å². The number of benzene rings is 2. The summed E-state index contributed by atoms with van der Waals surface area (Å²) in [6, 6.07) is 9.04. The molecule has 1 atom stereocenters. The zero-order chi connectivity index (χ0) is 20.3. The molecule has 0 saturated carbocycles. The van der Waals surface area contributed by atoms with E-state index in [1.165, 1.54) is 22.6 Å². The van der Waals surface area contributed by atoms with Gasteiger partial charge in [-0.1, -0.05) is 30.3 Å². The molecular weight excluding hydrogens is 487 g/mol. The summed E-state index contributed by atoms with van der Waals surface area (Å²) < 4.78 is 54.4. The summed E-state index contributed by atoms with van der Waals surface area (Å²) in [5.41, 5.74) is 0.162. The van der Waals surface area contributed by atoms with Gasteiger partial charge in [-0.05, 0) is 60.5 Å². The first-order valence-corrected chi connectivity index (χ1v) is 10.0. The van der Waals surface area contributed by atoms with Crippen LogP contribution in [0.15, 0.2) is 30.3 Å². The average molecular weight is 506 g/mol. The van der Waals surface area contributed by atoms with Gasteiger partial charge in [-0.15, -0.1) is 0 Å². The van der Waals surface area contributed by atoms with Crippen molar-refractivity contribution >= 4 is 28.5 Å². The van der Waals surface area contributed by atoms with Gasteiger partial charge in [0.25, 0.3) is 5.91 Å². The highest BCUT2D eigenvalue weighted by atomic mass is 127. The fourth-order valence-electron chi connectivity index (χ4n) is 3.40. The van der Waals surface area contributed by atoms with E-state index in [0.29, 0.717) is 13.0 Å². The van der Waals surface area contributed by atoms with E-state index >= 15 is 0 Å². The fourth-order valence-corrected chi connectivity index (χ4v) is 4.12. The molecule has 8 heteroatoms. The van der Waals surface area contributed by atoms with Crippen LogP contribution >= 0.6 is 22.6 Å². The summed E-state index contributed by atoms with van der Waals surface area (Å²) in [6.07, 6.45) is 2.60. The molecule has 1 heterocycles. The number of carbonyl (C=O) groups excluding carboxylic acids is 1. The number of rotatable bonds is 6. The van der Waals surface area contributed by atoms with Crippen LogP contribution in [0.1, 0.15) is 28.8 Å². The predicted molar refractivity (Wildman–Crippen MR) is 106 cm³/mol. The van der Waals surface area contributed by atoms with Crippen molar-refractivity contribution in [2.24, 2.45) is 0 Å². The summed E-state index contributed by atoms with van der Waals surface area (Å²) in [5, 5.41) is 2.68. The molecule has 2 aromatic rings. The monoisotopic (exact) mass is 506 g/mol. The maximum Gasteiger partial charge on any atom is 0.255 e. The number of nitrogens with one attached hydrogen (secondary N) is 1. The molecule has 1 N–H and O–H groups in total. The van der Waals surface area contributed by atoms with Crippen molar-refractivity contribution in [3.05, 3.63) is 68.3 Å². The van der Waals surface area contributed by atoms with Gasteiger partial charge < -0.3 is 10.2 Å². The van der Waals surface area contributed by atoms with Gasteiger partial charge in [-0.25, -0.2) is 17.6 Å². The van der Waals surface area contributed by atoms with Crippen LogP contribution in [0.2, 0.25) is 0 Å². The van der Waals surface area contributed by atoms with Crippen LogP contribution in [0.25, 0.3) is 0 Å². The van der Waals surface area contributed by atoms with E-state index in [2.05, 4.69) is 10.2 Å². The number of hydrogen-bond acceptors (Lipinski definition) is 2. The zero-order valence-corrected chi connectivity index (χ0v) is 17.1. The van der Waals surface area contributed by atoms with Crippen LogP contribution in [-0.4, -0.2) is 36.5 Å². The van der Waals surface area contributed by atoms with E-state index in [-0.39, 0.29) is 6.04 Å². The Morgan fingerprint density at radius 2 is 1.61 bits per heavy atom. The van der Waals surface area contributed by atoms with Crippen LogP contribution < -0.4 is 5.32 Å². The maximum atomic E-state index is 14.2. The molecule has 3 nitrogen and oxygen atoms in total. The largest absolute Gasteiger partial charge is 0.348 e. The molecule has 1 saturated heterocycles. The first kappa shape index (κ1) is 21.0. The Kier molecular flexibility index (Phi) is 6.92.